The number of rotatable bonds is 8. The Balaban J connectivity index is 1.62. The second-order valence-electron chi connectivity index (χ2n) is 7.76. The molecule has 2 atom stereocenters. The van der Waals surface area contributed by atoms with Crippen LogP contribution in [-0.4, -0.2) is 42.2 Å². The largest absolute Gasteiger partial charge is 0.478 e. The number of nitrogens with zero attached hydrogens (tertiary/aromatic N) is 1. The van der Waals surface area contributed by atoms with Crippen LogP contribution in [0.25, 0.3) is 0 Å². The fourth-order valence-electron chi connectivity index (χ4n) is 3.27. The molecule has 28 heavy (non-hydrogen) atoms. The highest BCUT2D eigenvalue weighted by molar-refractivity contribution is 6.04. The van der Waals surface area contributed by atoms with Crippen LogP contribution < -0.4 is 5.32 Å². The van der Waals surface area contributed by atoms with Crippen molar-refractivity contribution in [1.82, 2.24) is 5.32 Å². The lowest BCUT2D eigenvalue weighted by molar-refractivity contribution is -0.127. The topological polar surface area (TPSA) is 70.9 Å². The van der Waals surface area contributed by atoms with Gasteiger partial charge in [0.05, 0.1) is 18.7 Å². The molecule has 0 radical (unpaired) electrons. The van der Waals surface area contributed by atoms with Crippen molar-refractivity contribution in [3.63, 3.8) is 0 Å². The summed E-state index contributed by atoms with van der Waals surface area (Å²) in [6.07, 6.45) is 1.36. The molecule has 2 N–H and O–H groups in total. The first kappa shape index (κ1) is 20.1. The molecule has 1 heterocycles. The van der Waals surface area contributed by atoms with Crippen molar-refractivity contribution in [1.29, 1.82) is 0 Å². The van der Waals surface area contributed by atoms with Crippen molar-refractivity contribution >= 4 is 11.8 Å². The first-order chi connectivity index (χ1) is 13.5. The van der Waals surface area contributed by atoms with Gasteiger partial charge in [-0.25, -0.2) is 4.99 Å². The maximum absolute atomic E-state index is 12.9. The van der Waals surface area contributed by atoms with Gasteiger partial charge in [0, 0.05) is 0 Å². The molecule has 0 saturated heterocycles. The van der Waals surface area contributed by atoms with Gasteiger partial charge >= 0.3 is 0 Å². The Hall–Kier alpha value is -2.66. The summed E-state index contributed by atoms with van der Waals surface area (Å²) in [4.78, 5) is 17.6. The van der Waals surface area contributed by atoms with E-state index in [1.807, 2.05) is 62.4 Å². The second kappa shape index (κ2) is 9.02. The summed E-state index contributed by atoms with van der Waals surface area (Å²) < 4.78 is 5.78. The van der Waals surface area contributed by atoms with Crippen LogP contribution in [-0.2, 0) is 22.4 Å². The molecule has 1 aliphatic heterocycles. The van der Waals surface area contributed by atoms with Crippen molar-refractivity contribution in [2.75, 3.05) is 13.2 Å². The van der Waals surface area contributed by atoms with Crippen LogP contribution in [0.2, 0.25) is 0 Å². The van der Waals surface area contributed by atoms with E-state index in [9.17, 15) is 9.90 Å². The van der Waals surface area contributed by atoms with Crippen molar-refractivity contribution in [2.24, 2.45) is 10.4 Å². The number of benzene rings is 2. The molecule has 0 aliphatic carbocycles. The minimum Gasteiger partial charge on any atom is -0.478 e. The fourth-order valence-corrected chi connectivity index (χ4v) is 3.27. The predicted molar refractivity (Wildman–Crippen MR) is 110 cm³/mol. The third-order valence-corrected chi connectivity index (χ3v) is 5.01. The van der Waals surface area contributed by atoms with E-state index in [1.54, 1.807) is 0 Å². The first-order valence-electron chi connectivity index (χ1n) is 9.70. The van der Waals surface area contributed by atoms with E-state index in [1.165, 1.54) is 5.56 Å². The van der Waals surface area contributed by atoms with E-state index in [0.29, 0.717) is 18.9 Å². The zero-order chi connectivity index (χ0) is 20.0. The number of aliphatic hydroxyl groups excluding tert-OH is 1. The molecule has 3 rings (SSSR count). The number of amides is 1. The maximum atomic E-state index is 12.9. The molecule has 1 amide bonds. The predicted octanol–water partition coefficient (Wildman–Crippen LogP) is 2.77. The molecule has 0 saturated carbocycles. The fraction of sp³-hybridized carbons (Fsp3) is 0.391. The lowest BCUT2D eigenvalue weighted by atomic mass is 9.91. The maximum Gasteiger partial charge on any atom is 0.235 e. The number of hydrogen-bond donors (Lipinski definition) is 2. The highest BCUT2D eigenvalue weighted by Gasteiger charge is 2.39. The van der Waals surface area contributed by atoms with Gasteiger partial charge in [-0.1, -0.05) is 60.7 Å². The van der Waals surface area contributed by atoms with Gasteiger partial charge in [0.2, 0.25) is 5.91 Å². The van der Waals surface area contributed by atoms with Gasteiger partial charge in [0.15, 0.2) is 5.90 Å². The average Bonchev–Trinajstić information content (AvgIpc) is 3.18. The van der Waals surface area contributed by atoms with E-state index in [0.717, 1.165) is 12.0 Å². The van der Waals surface area contributed by atoms with Crippen LogP contribution >= 0.6 is 0 Å². The quantitative estimate of drug-likeness (QED) is 0.740. The Morgan fingerprint density at radius 2 is 1.75 bits per heavy atom. The SMILES string of the molecule is CC(C)(C(=O)NC(CO)Cc1ccccc1)C1=NC(Cc2ccccc2)CO1. The Kier molecular flexibility index (Phi) is 6.47. The molecule has 148 valence electrons. The van der Waals surface area contributed by atoms with Crippen LogP contribution in [0, 0.1) is 5.41 Å². The summed E-state index contributed by atoms with van der Waals surface area (Å²) >= 11 is 0. The number of aliphatic imine (C=N–C) groups is 1. The normalized spacial score (nSPS) is 17.5. The second-order valence-corrected chi connectivity index (χ2v) is 7.76. The van der Waals surface area contributed by atoms with Crippen LogP contribution in [0.5, 0.6) is 0 Å². The zero-order valence-electron chi connectivity index (χ0n) is 16.5. The molecule has 0 aromatic heterocycles. The number of carbonyl (C=O) groups is 1. The zero-order valence-corrected chi connectivity index (χ0v) is 16.5. The number of nitrogens with one attached hydrogen (secondary N) is 1. The Morgan fingerprint density at radius 3 is 2.36 bits per heavy atom. The van der Waals surface area contributed by atoms with Crippen LogP contribution in [0.4, 0.5) is 0 Å². The van der Waals surface area contributed by atoms with Crippen molar-refractivity contribution in [2.45, 2.75) is 38.8 Å². The summed E-state index contributed by atoms with van der Waals surface area (Å²) in [5.74, 6) is 0.268. The molecule has 0 spiro atoms. The Morgan fingerprint density at radius 1 is 1.14 bits per heavy atom. The van der Waals surface area contributed by atoms with E-state index in [2.05, 4.69) is 22.4 Å². The molecular weight excluding hydrogens is 352 g/mol. The summed E-state index contributed by atoms with van der Waals surface area (Å²) in [6, 6.07) is 19.6. The number of ether oxygens (including phenoxy) is 1. The number of carbonyl (C=O) groups excluding carboxylic acids is 1. The lowest BCUT2D eigenvalue weighted by Crippen LogP contribution is -2.48. The summed E-state index contributed by atoms with van der Waals surface area (Å²) in [5, 5.41) is 12.6. The summed E-state index contributed by atoms with van der Waals surface area (Å²) in [7, 11) is 0. The van der Waals surface area contributed by atoms with E-state index >= 15 is 0 Å². The highest BCUT2D eigenvalue weighted by Crippen LogP contribution is 2.25. The minimum atomic E-state index is -0.893. The standard InChI is InChI=1S/C23H28N2O3/c1-23(2,21(27)24-19(15-26)13-17-9-5-3-6-10-17)22-25-20(16-28-22)14-18-11-7-4-8-12-18/h3-12,19-20,26H,13-16H2,1-2H3,(H,24,27). The average molecular weight is 380 g/mol. The minimum absolute atomic E-state index is 0.0161. The van der Waals surface area contributed by atoms with Gasteiger partial charge in [-0.15, -0.1) is 0 Å². The molecular formula is C23H28N2O3. The molecule has 0 fully saturated rings. The van der Waals surface area contributed by atoms with Gasteiger partial charge in [0.25, 0.3) is 0 Å². The van der Waals surface area contributed by atoms with Crippen LogP contribution in [0.1, 0.15) is 25.0 Å². The third-order valence-electron chi connectivity index (χ3n) is 5.01. The summed E-state index contributed by atoms with van der Waals surface area (Å²) in [5.41, 5.74) is 1.37. The third kappa shape index (κ3) is 4.98. The van der Waals surface area contributed by atoms with Gasteiger partial charge in [-0.3, -0.25) is 4.79 Å². The molecule has 1 aliphatic rings. The molecule has 0 bridgehead atoms. The van der Waals surface area contributed by atoms with Gasteiger partial charge in [-0.05, 0) is 37.8 Å². The molecule has 5 heteroatoms. The van der Waals surface area contributed by atoms with Crippen LogP contribution in [0.3, 0.4) is 0 Å². The Labute approximate surface area is 166 Å². The number of hydrogen-bond acceptors (Lipinski definition) is 4. The van der Waals surface area contributed by atoms with Crippen molar-refractivity contribution < 1.29 is 14.6 Å². The van der Waals surface area contributed by atoms with Gasteiger partial charge < -0.3 is 15.2 Å². The molecule has 5 nitrogen and oxygen atoms in total. The summed E-state index contributed by atoms with van der Waals surface area (Å²) in [6.45, 7) is 3.97. The monoisotopic (exact) mass is 380 g/mol. The van der Waals surface area contributed by atoms with Crippen molar-refractivity contribution in [3.05, 3.63) is 71.8 Å². The van der Waals surface area contributed by atoms with E-state index in [-0.39, 0.29) is 24.6 Å². The Bertz CT molecular complexity index is 803. The van der Waals surface area contributed by atoms with Gasteiger partial charge in [-0.2, -0.15) is 0 Å². The van der Waals surface area contributed by atoms with Gasteiger partial charge in [0.1, 0.15) is 12.0 Å². The number of aliphatic hydroxyl groups is 1. The molecule has 2 aromatic rings. The van der Waals surface area contributed by atoms with E-state index in [4.69, 9.17) is 4.74 Å². The van der Waals surface area contributed by atoms with Crippen LogP contribution in [0.15, 0.2) is 65.7 Å². The molecule has 2 unspecified atom stereocenters. The smallest absolute Gasteiger partial charge is 0.235 e. The highest BCUT2D eigenvalue weighted by atomic mass is 16.5. The molecule has 2 aromatic carbocycles. The lowest BCUT2D eigenvalue weighted by Gasteiger charge is -2.26. The van der Waals surface area contributed by atoms with E-state index < -0.39 is 5.41 Å². The first-order valence-corrected chi connectivity index (χ1v) is 9.70. The van der Waals surface area contributed by atoms with Crippen molar-refractivity contribution in [3.8, 4) is 0 Å².